The van der Waals surface area contributed by atoms with Gasteiger partial charge in [0.2, 0.25) is 0 Å². The molecule has 0 unspecified atom stereocenters. The van der Waals surface area contributed by atoms with Gasteiger partial charge in [0, 0.05) is 23.5 Å². The Kier molecular flexibility index (Phi) is 4.43. The van der Waals surface area contributed by atoms with E-state index < -0.39 is 12.7 Å². The molecule has 21 heavy (non-hydrogen) atoms. The van der Waals surface area contributed by atoms with Crippen molar-refractivity contribution in [3.8, 4) is 5.75 Å². The SMILES string of the molecule is CC(C)(C)NC[C@H](O)c1cc(OC(F)F)cc2[nH]ncc12. The molecule has 0 radical (unpaired) electrons. The van der Waals surface area contributed by atoms with Gasteiger partial charge < -0.3 is 15.2 Å². The molecule has 0 saturated carbocycles. The van der Waals surface area contributed by atoms with Crippen LogP contribution in [-0.4, -0.2) is 34.0 Å². The molecule has 2 rings (SSSR count). The molecule has 0 aliphatic carbocycles. The number of fused-ring (bicyclic) bond motifs is 1. The van der Waals surface area contributed by atoms with Gasteiger partial charge in [0.25, 0.3) is 0 Å². The smallest absolute Gasteiger partial charge is 0.387 e. The number of aliphatic hydroxyl groups excluding tert-OH is 1. The average Bonchev–Trinajstić information content (AvgIpc) is 2.81. The van der Waals surface area contributed by atoms with Gasteiger partial charge in [0.05, 0.1) is 17.8 Å². The summed E-state index contributed by atoms with van der Waals surface area (Å²) < 4.78 is 29.1. The Labute approximate surface area is 121 Å². The number of β-amino-alcohol motifs (C(OH)–C–C–N with tert-alkyl or cyclic N) is 1. The molecule has 3 N–H and O–H groups in total. The highest BCUT2D eigenvalue weighted by Gasteiger charge is 2.18. The van der Waals surface area contributed by atoms with Crippen LogP contribution in [0.1, 0.15) is 32.4 Å². The summed E-state index contributed by atoms with van der Waals surface area (Å²) in [7, 11) is 0. The summed E-state index contributed by atoms with van der Waals surface area (Å²) in [6.07, 6.45) is 0.697. The van der Waals surface area contributed by atoms with Gasteiger partial charge >= 0.3 is 6.61 Å². The molecule has 0 saturated heterocycles. The second-order valence-corrected chi connectivity index (χ2v) is 5.87. The largest absolute Gasteiger partial charge is 0.435 e. The van der Waals surface area contributed by atoms with Crippen LogP contribution in [-0.2, 0) is 0 Å². The average molecular weight is 299 g/mol. The highest BCUT2D eigenvalue weighted by atomic mass is 19.3. The highest BCUT2D eigenvalue weighted by Crippen LogP contribution is 2.29. The predicted molar refractivity (Wildman–Crippen MR) is 75.4 cm³/mol. The van der Waals surface area contributed by atoms with Gasteiger partial charge in [0.15, 0.2) is 0 Å². The number of hydrogen-bond donors (Lipinski definition) is 3. The number of aromatic amines is 1. The molecule has 1 aromatic carbocycles. The molecule has 0 spiro atoms. The van der Waals surface area contributed by atoms with E-state index in [1.807, 2.05) is 20.8 Å². The molecule has 116 valence electrons. The molecular formula is C14H19F2N3O2. The number of ether oxygens (including phenoxy) is 1. The summed E-state index contributed by atoms with van der Waals surface area (Å²) in [6.45, 7) is 3.31. The Balaban J connectivity index is 2.29. The molecular weight excluding hydrogens is 280 g/mol. The summed E-state index contributed by atoms with van der Waals surface area (Å²) in [6, 6.07) is 2.85. The number of nitrogens with one attached hydrogen (secondary N) is 2. The molecule has 0 amide bonds. The van der Waals surface area contributed by atoms with Crippen LogP contribution in [0.4, 0.5) is 8.78 Å². The molecule has 0 aliphatic heterocycles. The van der Waals surface area contributed by atoms with Crippen LogP contribution in [0.2, 0.25) is 0 Å². The van der Waals surface area contributed by atoms with Crippen LogP contribution >= 0.6 is 0 Å². The van der Waals surface area contributed by atoms with Gasteiger partial charge in [-0.05, 0) is 32.4 Å². The van der Waals surface area contributed by atoms with E-state index in [9.17, 15) is 13.9 Å². The highest BCUT2D eigenvalue weighted by molar-refractivity contribution is 5.83. The van der Waals surface area contributed by atoms with Crippen LogP contribution in [0, 0.1) is 0 Å². The quantitative estimate of drug-likeness (QED) is 0.793. The van der Waals surface area contributed by atoms with E-state index in [1.165, 1.54) is 12.1 Å². The van der Waals surface area contributed by atoms with Crippen LogP contribution in [0.25, 0.3) is 10.9 Å². The first-order valence-electron chi connectivity index (χ1n) is 6.61. The van der Waals surface area contributed by atoms with Crippen molar-refractivity contribution >= 4 is 10.9 Å². The predicted octanol–water partition coefficient (Wildman–Crippen LogP) is 2.59. The van der Waals surface area contributed by atoms with Crippen LogP contribution in [0.5, 0.6) is 5.75 Å². The minimum absolute atomic E-state index is 0.00782. The fourth-order valence-corrected chi connectivity index (χ4v) is 2.01. The molecule has 2 aromatic rings. The van der Waals surface area contributed by atoms with Crippen LogP contribution in [0.15, 0.2) is 18.3 Å². The van der Waals surface area contributed by atoms with Crippen LogP contribution < -0.4 is 10.1 Å². The fourth-order valence-electron chi connectivity index (χ4n) is 2.01. The Morgan fingerprint density at radius 2 is 2.10 bits per heavy atom. The zero-order valence-corrected chi connectivity index (χ0v) is 12.2. The second-order valence-electron chi connectivity index (χ2n) is 5.87. The molecule has 1 heterocycles. The van der Waals surface area contributed by atoms with Crippen molar-refractivity contribution in [1.82, 2.24) is 15.5 Å². The minimum atomic E-state index is -2.91. The minimum Gasteiger partial charge on any atom is -0.435 e. The zero-order chi connectivity index (χ0) is 15.6. The van der Waals surface area contributed by atoms with Crippen molar-refractivity contribution in [3.63, 3.8) is 0 Å². The first-order valence-corrected chi connectivity index (χ1v) is 6.61. The van der Waals surface area contributed by atoms with Crippen molar-refractivity contribution in [1.29, 1.82) is 0 Å². The number of hydrogen-bond acceptors (Lipinski definition) is 4. The van der Waals surface area contributed by atoms with Crippen molar-refractivity contribution in [2.75, 3.05) is 6.54 Å². The number of H-pyrrole nitrogens is 1. The third kappa shape index (κ3) is 4.12. The Morgan fingerprint density at radius 1 is 1.38 bits per heavy atom. The first kappa shape index (κ1) is 15.7. The Morgan fingerprint density at radius 3 is 2.71 bits per heavy atom. The van der Waals surface area contributed by atoms with Gasteiger partial charge in [0.1, 0.15) is 5.75 Å². The van der Waals surface area contributed by atoms with Crippen molar-refractivity contribution in [2.24, 2.45) is 0 Å². The molecule has 7 heteroatoms. The summed E-state index contributed by atoms with van der Waals surface area (Å²) in [5.74, 6) is -0.00782. The summed E-state index contributed by atoms with van der Waals surface area (Å²) in [4.78, 5) is 0. The van der Waals surface area contributed by atoms with Gasteiger partial charge in [-0.15, -0.1) is 0 Å². The lowest BCUT2D eigenvalue weighted by molar-refractivity contribution is -0.0498. The van der Waals surface area contributed by atoms with Gasteiger partial charge in [-0.1, -0.05) is 0 Å². The molecule has 1 aromatic heterocycles. The molecule has 0 fully saturated rings. The van der Waals surface area contributed by atoms with Crippen molar-refractivity contribution in [2.45, 2.75) is 39.0 Å². The van der Waals surface area contributed by atoms with Gasteiger partial charge in [-0.3, -0.25) is 5.10 Å². The maximum Gasteiger partial charge on any atom is 0.387 e. The van der Waals surface area contributed by atoms with Gasteiger partial charge in [-0.25, -0.2) is 0 Å². The van der Waals surface area contributed by atoms with Crippen molar-refractivity contribution in [3.05, 3.63) is 23.9 Å². The number of benzene rings is 1. The lowest BCUT2D eigenvalue weighted by Gasteiger charge is -2.23. The number of aliphatic hydroxyl groups is 1. The summed E-state index contributed by atoms with van der Waals surface area (Å²) in [5, 5.41) is 20.7. The van der Waals surface area contributed by atoms with E-state index in [4.69, 9.17) is 0 Å². The summed E-state index contributed by atoms with van der Waals surface area (Å²) in [5.41, 5.74) is 0.875. The maximum atomic E-state index is 12.4. The number of rotatable bonds is 5. The molecule has 0 bridgehead atoms. The van der Waals surface area contributed by atoms with Gasteiger partial charge in [-0.2, -0.15) is 13.9 Å². The number of nitrogens with zero attached hydrogens (tertiary/aromatic N) is 1. The normalized spacial score (nSPS) is 13.9. The number of halogens is 2. The Bertz CT molecular complexity index is 608. The fraction of sp³-hybridized carbons (Fsp3) is 0.500. The third-order valence-corrected chi connectivity index (χ3v) is 2.97. The lowest BCUT2D eigenvalue weighted by atomic mass is 10.0. The number of aromatic nitrogens is 2. The first-order chi connectivity index (χ1) is 9.76. The molecule has 0 aliphatic rings. The maximum absolute atomic E-state index is 12.4. The molecule has 5 nitrogen and oxygen atoms in total. The second kappa shape index (κ2) is 5.95. The monoisotopic (exact) mass is 299 g/mol. The topological polar surface area (TPSA) is 70.2 Å². The van der Waals surface area contributed by atoms with E-state index in [0.29, 0.717) is 23.0 Å². The van der Waals surface area contributed by atoms with Crippen LogP contribution in [0.3, 0.4) is 0 Å². The van der Waals surface area contributed by atoms with E-state index in [0.717, 1.165) is 0 Å². The Hall–Kier alpha value is -1.73. The number of alkyl halides is 2. The molecule has 1 atom stereocenters. The van der Waals surface area contributed by atoms with E-state index >= 15 is 0 Å². The third-order valence-electron chi connectivity index (χ3n) is 2.97. The van der Waals surface area contributed by atoms with E-state index in [2.05, 4.69) is 20.3 Å². The van der Waals surface area contributed by atoms with E-state index in [-0.39, 0.29) is 11.3 Å². The standard InChI is InChI=1S/C14H19F2N3O2/c1-14(2,3)17-7-12(20)9-4-8(21-13(15)16)5-11-10(9)6-18-19-11/h4-6,12-13,17,20H,7H2,1-3H3,(H,18,19)/t12-/m0/s1. The van der Waals surface area contributed by atoms with E-state index in [1.54, 1.807) is 6.20 Å². The lowest BCUT2D eigenvalue weighted by Crippen LogP contribution is -2.38. The van der Waals surface area contributed by atoms with Crippen molar-refractivity contribution < 1.29 is 18.6 Å². The summed E-state index contributed by atoms with van der Waals surface area (Å²) >= 11 is 0. The zero-order valence-electron chi connectivity index (χ0n) is 12.2.